The summed E-state index contributed by atoms with van der Waals surface area (Å²) in [5, 5.41) is 0. The highest BCUT2D eigenvalue weighted by molar-refractivity contribution is 7.80. The van der Waals surface area contributed by atoms with Crippen LogP contribution >= 0.6 is 12.2 Å². The van der Waals surface area contributed by atoms with Gasteiger partial charge in [0.25, 0.3) is 0 Å². The summed E-state index contributed by atoms with van der Waals surface area (Å²) < 4.78 is 0. The van der Waals surface area contributed by atoms with Crippen LogP contribution in [0.15, 0.2) is 0 Å². The van der Waals surface area contributed by atoms with Crippen molar-refractivity contribution in [2.45, 2.75) is 76.2 Å². The molecule has 1 saturated heterocycles. The third-order valence-electron chi connectivity index (χ3n) is 5.77. The highest BCUT2D eigenvalue weighted by Crippen LogP contribution is 2.49. The molecule has 0 atom stereocenters. The fraction of sp³-hybridized carbons (Fsp3) is 0.812. The number of nitrogens with two attached hydrogens (primary N) is 1. The average Bonchev–Trinajstić information content (AvgIpc) is 2.71. The molecule has 2 saturated carbocycles. The molecule has 0 radical (unpaired) electrons. The highest BCUT2D eigenvalue weighted by Gasteiger charge is 2.58. The smallest absolute Gasteiger partial charge is 0.236 e. The molecular formula is C16H24N2O2S. The third-order valence-corrected chi connectivity index (χ3v) is 6.15. The van der Waals surface area contributed by atoms with E-state index >= 15 is 0 Å². The number of hydrogen-bond acceptors (Lipinski definition) is 3. The van der Waals surface area contributed by atoms with Crippen LogP contribution in [0, 0.1) is 5.41 Å². The Labute approximate surface area is 131 Å². The summed E-state index contributed by atoms with van der Waals surface area (Å²) in [6.45, 7) is 0. The van der Waals surface area contributed by atoms with Crippen LogP contribution in [0.5, 0.6) is 0 Å². The normalized spacial score (nSPS) is 28.1. The summed E-state index contributed by atoms with van der Waals surface area (Å²) in [5.41, 5.74) is 4.89. The summed E-state index contributed by atoms with van der Waals surface area (Å²) >= 11 is 5.29. The summed E-state index contributed by atoms with van der Waals surface area (Å²) in [6, 6.07) is 0. The van der Waals surface area contributed by atoms with E-state index in [2.05, 4.69) is 0 Å². The molecular weight excluding hydrogens is 284 g/mol. The molecule has 3 fully saturated rings. The second-order valence-corrected chi connectivity index (χ2v) is 7.45. The van der Waals surface area contributed by atoms with Gasteiger partial charge in [0.1, 0.15) is 5.54 Å². The van der Waals surface area contributed by atoms with Gasteiger partial charge < -0.3 is 5.73 Å². The molecule has 2 amide bonds. The van der Waals surface area contributed by atoms with Crippen LogP contribution in [0.25, 0.3) is 0 Å². The lowest BCUT2D eigenvalue weighted by Gasteiger charge is -2.43. The number of thiocarbonyl (C=S) groups is 1. The minimum Gasteiger partial charge on any atom is -0.391 e. The van der Waals surface area contributed by atoms with Crippen LogP contribution in [-0.2, 0) is 9.59 Å². The molecule has 0 aromatic rings. The number of likely N-dealkylation sites (tertiary alicyclic amines) is 1. The largest absolute Gasteiger partial charge is 0.391 e. The summed E-state index contributed by atoms with van der Waals surface area (Å²) in [4.78, 5) is 27.6. The predicted molar refractivity (Wildman–Crippen MR) is 84.6 cm³/mol. The van der Waals surface area contributed by atoms with E-state index in [0.717, 1.165) is 57.8 Å². The fourth-order valence-electron chi connectivity index (χ4n) is 4.56. The molecule has 5 heteroatoms. The van der Waals surface area contributed by atoms with Crippen molar-refractivity contribution in [3.63, 3.8) is 0 Å². The standard InChI is InChI=1S/C16H24N2O2S/c17-13(21)16(9-5-2-6-10-16)18-12(19)11-15(14(18)20)7-3-1-4-8-15/h1-11H2,(H2,17,21). The Hall–Kier alpha value is -0.970. The molecule has 2 aliphatic carbocycles. The fourth-order valence-corrected chi connectivity index (χ4v) is 4.86. The predicted octanol–water partition coefficient (Wildman–Crippen LogP) is 2.68. The average molecular weight is 308 g/mol. The van der Waals surface area contributed by atoms with Crippen LogP contribution in [0.2, 0.25) is 0 Å². The van der Waals surface area contributed by atoms with E-state index in [1.807, 2.05) is 0 Å². The van der Waals surface area contributed by atoms with E-state index < -0.39 is 11.0 Å². The van der Waals surface area contributed by atoms with Crippen molar-refractivity contribution < 1.29 is 9.59 Å². The molecule has 0 aromatic carbocycles. The first kappa shape index (κ1) is 14.9. The third kappa shape index (κ3) is 2.20. The number of carbonyl (C=O) groups is 2. The molecule has 0 aromatic heterocycles. The van der Waals surface area contributed by atoms with Gasteiger partial charge in [0.2, 0.25) is 11.8 Å². The lowest BCUT2D eigenvalue weighted by atomic mass is 9.72. The first-order valence-electron chi connectivity index (χ1n) is 8.19. The Kier molecular flexibility index (Phi) is 3.80. The first-order valence-corrected chi connectivity index (χ1v) is 8.60. The molecule has 116 valence electrons. The van der Waals surface area contributed by atoms with Gasteiger partial charge in [-0.1, -0.05) is 50.7 Å². The van der Waals surface area contributed by atoms with Crippen molar-refractivity contribution in [2.24, 2.45) is 11.1 Å². The monoisotopic (exact) mass is 308 g/mol. The van der Waals surface area contributed by atoms with Crippen LogP contribution in [-0.4, -0.2) is 27.2 Å². The number of carbonyl (C=O) groups excluding carboxylic acids is 2. The van der Waals surface area contributed by atoms with Crippen molar-refractivity contribution in [3.8, 4) is 0 Å². The Bertz CT molecular complexity index is 477. The number of imide groups is 1. The lowest BCUT2D eigenvalue weighted by molar-refractivity contribution is -0.147. The Balaban J connectivity index is 1.95. The van der Waals surface area contributed by atoms with Gasteiger partial charge in [0, 0.05) is 6.42 Å². The zero-order valence-corrected chi connectivity index (χ0v) is 13.3. The Morgan fingerprint density at radius 1 is 0.952 bits per heavy atom. The molecule has 21 heavy (non-hydrogen) atoms. The second kappa shape index (κ2) is 5.34. The zero-order chi connectivity index (χ0) is 15.1. The van der Waals surface area contributed by atoms with E-state index in [0.29, 0.717) is 11.4 Å². The number of nitrogens with zero attached hydrogens (tertiary/aromatic N) is 1. The van der Waals surface area contributed by atoms with Gasteiger partial charge >= 0.3 is 0 Å². The second-order valence-electron chi connectivity index (χ2n) is 7.01. The van der Waals surface area contributed by atoms with Crippen molar-refractivity contribution >= 4 is 29.0 Å². The summed E-state index contributed by atoms with van der Waals surface area (Å²) in [5.74, 6) is -0.0292. The van der Waals surface area contributed by atoms with Crippen LogP contribution in [0.4, 0.5) is 0 Å². The minimum absolute atomic E-state index is 0.0156. The van der Waals surface area contributed by atoms with Gasteiger partial charge in [-0.2, -0.15) is 0 Å². The molecule has 0 unspecified atom stereocenters. The minimum atomic E-state index is -0.678. The molecule has 3 rings (SSSR count). The van der Waals surface area contributed by atoms with Crippen molar-refractivity contribution in [1.82, 2.24) is 4.90 Å². The zero-order valence-electron chi connectivity index (χ0n) is 12.5. The first-order chi connectivity index (χ1) is 10.0. The van der Waals surface area contributed by atoms with Gasteiger partial charge in [-0.05, 0) is 25.7 Å². The highest BCUT2D eigenvalue weighted by atomic mass is 32.1. The Morgan fingerprint density at radius 3 is 2.00 bits per heavy atom. The topological polar surface area (TPSA) is 63.4 Å². The molecule has 3 aliphatic rings. The van der Waals surface area contributed by atoms with E-state index in [9.17, 15) is 9.59 Å². The van der Waals surface area contributed by atoms with Crippen molar-refractivity contribution in [2.75, 3.05) is 0 Å². The van der Waals surface area contributed by atoms with Gasteiger partial charge in [0.05, 0.1) is 10.4 Å². The number of amides is 2. The van der Waals surface area contributed by atoms with Crippen LogP contribution in [0.1, 0.15) is 70.6 Å². The van der Waals surface area contributed by atoms with Crippen molar-refractivity contribution in [3.05, 3.63) is 0 Å². The maximum atomic E-state index is 13.1. The van der Waals surface area contributed by atoms with Crippen LogP contribution < -0.4 is 5.73 Å². The molecule has 0 bridgehead atoms. The maximum Gasteiger partial charge on any atom is 0.236 e. The molecule has 2 N–H and O–H groups in total. The van der Waals surface area contributed by atoms with E-state index in [1.165, 1.54) is 11.3 Å². The number of hydrogen-bond donors (Lipinski definition) is 1. The van der Waals surface area contributed by atoms with E-state index in [4.69, 9.17) is 18.0 Å². The van der Waals surface area contributed by atoms with Gasteiger partial charge in [-0.15, -0.1) is 0 Å². The van der Waals surface area contributed by atoms with Crippen LogP contribution in [0.3, 0.4) is 0 Å². The molecule has 1 spiro atoms. The number of rotatable bonds is 2. The lowest BCUT2D eigenvalue weighted by Crippen LogP contribution is -2.60. The van der Waals surface area contributed by atoms with E-state index in [-0.39, 0.29) is 11.8 Å². The Morgan fingerprint density at radius 2 is 1.48 bits per heavy atom. The summed E-state index contributed by atoms with van der Waals surface area (Å²) in [6.07, 6.45) is 9.93. The van der Waals surface area contributed by atoms with E-state index in [1.54, 1.807) is 0 Å². The maximum absolute atomic E-state index is 13.1. The molecule has 1 heterocycles. The SMILES string of the molecule is NC(=S)C1(N2C(=O)CC3(CCCCC3)C2=O)CCCCC1. The van der Waals surface area contributed by atoms with Gasteiger partial charge in [-0.3, -0.25) is 14.5 Å². The molecule has 4 nitrogen and oxygen atoms in total. The summed E-state index contributed by atoms with van der Waals surface area (Å²) in [7, 11) is 0. The van der Waals surface area contributed by atoms with Crippen molar-refractivity contribution in [1.29, 1.82) is 0 Å². The van der Waals surface area contributed by atoms with Gasteiger partial charge in [-0.25, -0.2) is 0 Å². The molecule has 1 aliphatic heterocycles. The van der Waals surface area contributed by atoms with Gasteiger partial charge in [0.15, 0.2) is 0 Å². The quantitative estimate of drug-likeness (QED) is 0.629.